The fourth-order valence-electron chi connectivity index (χ4n) is 1.93. The van der Waals surface area contributed by atoms with Crippen molar-refractivity contribution in [2.24, 2.45) is 0 Å². The molecule has 3 heteroatoms. The van der Waals surface area contributed by atoms with Crippen LogP contribution in [-0.2, 0) is 6.42 Å². The molecule has 0 fully saturated rings. The summed E-state index contributed by atoms with van der Waals surface area (Å²) in [6.07, 6.45) is 0.401. The Labute approximate surface area is 113 Å². The molecule has 0 aliphatic carbocycles. The van der Waals surface area contributed by atoms with E-state index < -0.39 is 0 Å². The molecule has 0 aliphatic rings. The van der Waals surface area contributed by atoms with Crippen LogP contribution in [0, 0.1) is 18.3 Å². The molecule has 0 aliphatic heterocycles. The van der Waals surface area contributed by atoms with Gasteiger partial charge in [0.2, 0.25) is 0 Å². The molecule has 2 rings (SSSR count). The fraction of sp³-hybridized carbons (Fsp3) is 0.250. The lowest BCUT2D eigenvalue weighted by Gasteiger charge is -2.08. The van der Waals surface area contributed by atoms with Crippen molar-refractivity contribution in [3.8, 4) is 23.1 Å². The molecule has 0 saturated carbocycles. The topological polar surface area (TPSA) is 45.9 Å². The predicted octanol–water partition coefficient (Wildman–Crippen LogP) is 3.52. The number of aromatic nitrogens is 1. The maximum absolute atomic E-state index is 8.73. The number of benzene rings is 1. The van der Waals surface area contributed by atoms with Gasteiger partial charge in [-0.2, -0.15) is 5.26 Å². The number of aryl methyl sites for hydroxylation is 1. The van der Waals surface area contributed by atoms with E-state index in [-0.39, 0.29) is 0 Å². The van der Waals surface area contributed by atoms with E-state index >= 15 is 0 Å². The van der Waals surface area contributed by atoms with Gasteiger partial charge in [-0.25, -0.2) is 0 Å². The van der Waals surface area contributed by atoms with Gasteiger partial charge in [0.25, 0.3) is 0 Å². The molecule has 3 nitrogen and oxygen atoms in total. The Morgan fingerprint density at radius 3 is 2.79 bits per heavy atom. The molecule has 0 radical (unpaired) electrons. The van der Waals surface area contributed by atoms with Gasteiger partial charge in [-0.1, -0.05) is 18.2 Å². The molecule has 0 spiro atoms. The predicted molar refractivity (Wildman–Crippen MR) is 74.9 cm³/mol. The average molecular weight is 252 g/mol. The van der Waals surface area contributed by atoms with Crippen LogP contribution in [0.3, 0.4) is 0 Å². The van der Waals surface area contributed by atoms with Crippen molar-refractivity contribution < 1.29 is 4.74 Å². The molecule has 2 aromatic rings. The smallest absolute Gasteiger partial charge is 0.119 e. The molecule has 1 aromatic heterocycles. The number of hydrogen-bond acceptors (Lipinski definition) is 3. The number of nitriles is 1. The van der Waals surface area contributed by atoms with Crippen LogP contribution in [0.1, 0.15) is 18.2 Å². The summed E-state index contributed by atoms with van der Waals surface area (Å²) in [7, 11) is 0. The third-order valence-corrected chi connectivity index (χ3v) is 2.91. The molecule has 0 amide bonds. The summed E-state index contributed by atoms with van der Waals surface area (Å²) in [5.41, 5.74) is 3.81. The molecule has 0 bridgehead atoms. The van der Waals surface area contributed by atoms with Crippen LogP contribution in [0.25, 0.3) is 11.3 Å². The second kappa shape index (κ2) is 6.01. The number of pyridine rings is 1. The standard InChI is InChI=1S/C16H16N2O/c1-3-19-15-6-4-5-14(11-15)16-8-7-13(9-10-17)12(2)18-16/h4-8,11H,3,9H2,1-2H3. The molecular weight excluding hydrogens is 236 g/mol. The van der Waals surface area contributed by atoms with Gasteiger partial charge in [-0.05, 0) is 37.6 Å². The third kappa shape index (κ3) is 3.11. The highest BCUT2D eigenvalue weighted by molar-refractivity contribution is 5.61. The minimum absolute atomic E-state index is 0.401. The SMILES string of the molecule is CCOc1cccc(-c2ccc(CC#N)c(C)n2)c1. The van der Waals surface area contributed by atoms with Crippen molar-refractivity contribution in [2.45, 2.75) is 20.3 Å². The first kappa shape index (κ1) is 13.1. The van der Waals surface area contributed by atoms with Gasteiger partial charge < -0.3 is 4.74 Å². The van der Waals surface area contributed by atoms with Gasteiger partial charge in [0.05, 0.1) is 24.8 Å². The van der Waals surface area contributed by atoms with Crippen LogP contribution in [0.4, 0.5) is 0 Å². The Morgan fingerprint density at radius 1 is 1.26 bits per heavy atom. The fourth-order valence-corrected chi connectivity index (χ4v) is 1.93. The van der Waals surface area contributed by atoms with Gasteiger partial charge in [0.15, 0.2) is 0 Å². The first-order chi connectivity index (χ1) is 9.24. The summed E-state index contributed by atoms with van der Waals surface area (Å²) in [6, 6.07) is 13.9. The van der Waals surface area contributed by atoms with Crippen molar-refractivity contribution in [3.05, 3.63) is 47.7 Å². The minimum atomic E-state index is 0.401. The van der Waals surface area contributed by atoms with Gasteiger partial charge >= 0.3 is 0 Å². The summed E-state index contributed by atoms with van der Waals surface area (Å²) >= 11 is 0. The van der Waals surface area contributed by atoms with E-state index in [1.54, 1.807) is 0 Å². The molecular formula is C16H16N2O. The maximum Gasteiger partial charge on any atom is 0.119 e. The monoisotopic (exact) mass is 252 g/mol. The minimum Gasteiger partial charge on any atom is -0.494 e. The van der Waals surface area contributed by atoms with Crippen LogP contribution in [0.15, 0.2) is 36.4 Å². The van der Waals surface area contributed by atoms with E-state index in [1.807, 2.05) is 50.2 Å². The van der Waals surface area contributed by atoms with Crippen LogP contribution >= 0.6 is 0 Å². The van der Waals surface area contributed by atoms with E-state index in [2.05, 4.69) is 11.1 Å². The van der Waals surface area contributed by atoms with E-state index in [1.165, 1.54) is 0 Å². The molecule has 0 unspecified atom stereocenters. The molecule has 0 N–H and O–H groups in total. The number of rotatable bonds is 4. The summed E-state index contributed by atoms with van der Waals surface area (Å²) < 4.78 is 5.49. The van der Waals surface area contributed by atoms with Crippen molar-refractivity contribution in [1.29, 1.82) is 5.26 Å². The van der Waals surface area contributed by atoms with E-state index in [4.69, 9.17) is 10.00 Å². The van der Waals surface area contributed by atoms with Crippen molar-refractivity contribution in [2.75, 3.05) is 6.61 Å². The lowest BCUT2D eigenvalue weighted by molar-refractivity contribution is 0.340. The van der Waals surface area contributed by atoms with Gasteiger partial charge in [-0.15, -0.1) is 0 Å². The van der Waals surface area contributed by atoms with Crippen molar-refractivity contribution >= 4 is 0 Å². The zero-order valence-corrected chi connectivity index (χ0v) is 11.2. The summed E-state index contributed by atoms with van der Waals surface area (Å²) in [4.78, 5) is 4.56. The normalized spacial score (nSPS) is 9.95. The first-order valence-corrected chi connectivity index (χ1v) is 6.31. The molecule has 0 atom stereocenters. The highest BCUT2D eigenvalue weighted by atomic mass is 16.5. The van der Waals surface area contributed by atoms with Crippen LogP contribution in [0.5, 0.6) is 5.75 Å². The van der Waals surface area contributed by atoms with Crippen LogP contribution in [0.2, 0.25) is 0 Å². The van der Waals surface area contributed by atoms with Gasteiger partial charge in [0.1, 0.15) is 5.75 Å². The second-order valence-electron chi connectivity index (χ2n) is 4.24. The quantitative estimate of drug-likeness (QED) is 0.836. The highest BCUT2D eigenvalue weighted by Crippen LogP contribution is 2.23. The van der Waals surface area contributed by atoms with Gasteiger partial charge in [0, 0.05) is 11.3 Å². The van der Waals surface area contributed by atoms with E-state index in [0.717, 1.165) is 28.3 Å². The zero-order chi connectivity index (χ0) is 13.7. The molecule has 1 aromatic carbocycles. The zero-order valence-electron chi connectivity index (χ0n) is 11.2. The Kier molecular flexibility index (Phi) is 4.15. The van der Waals surface area contributed by atoms with Crippen LogP contribution in [-0.4, -0.2) is 11.6 Å². The van der Waals surface area contributed by atoms with Crippen molar-refractivity contribution in [3.63, 3.8) is 0 Å². The largest absolute Gasteiger partial charge is 0.494 e. The van der Waals surface area contributed by atoms with Gasteiger partial charge in [-0.3, -0.25) is 4.98 Å². The Hall–Kier alpha value is -2.34. The number of ether oxygens (including phenoxy) is 1. The number of nitrogens with zero attached hydrogens (tertiary/aromatic N) is 2. The summed E-state index contributed by atoms with van der Waals surface area (Å²) in [5, 5.41) is 8.73. The van der Waals surface area contributed by atoms with E-state index in [9.17, 15) is 0 Å². The Balaban J connectivity index is 2.34. The first-order valence-electron chi connectivity index (χ1n) is 6.31. The Morgan fingerprint density at radius 2 is 2.11 bits per heavy atom. The highest BCUT2D eigenvalue weighted by Gasteiger charge is 2.05. The summed E-state index contributed by atoms with van der Waals surface area (Å²) in [5.74, 6) is 0.848. The summed E-state index contributed by atoms with van der Waals surface area (Å²) in [6.45, 7) is 4.55. The second-order valence-corrected chi connectivity index (χ2v) is 4.24. The third-order valence-electron chi connectivity index (χ3n) is 2.91. The van der Waals surface area contributed by atoms with Crippen LogP contribution < -0.4 is 4.74 Å². The lowest BCUT2D eigenvalue weighted by Crippen LogP contribution is -1.95. The number of hydrogen-bond donors (Lipinski definition) is 0. The Bertz CT molecular complexity index is 614. The molecule has 1 heterocycles. The molecule has 0 saturated heterocycles. The average Bonchev–Trinajstić information content (AvgIpc) is 2.42. The molecule has 19 heavy (non-hydrogen) atoms. The molecule has 96 valence electrons. The van der Waals surface area contributed by atoms with Crippen molar-refractivity contribution in [1.82, 2.24) is 4.98 Å². The maximum atomic E-state index is 8.73. The van der Waals surface area contributed by atoms with E-state index in [0.29, 0.717) is 13.0 Å². The lowest BCUT2D eigenvalue weighted by atomic mass is 10.1.